The second kappa shape index (κ2) is 9.97. The predicted molar refractivity (Wildman–Crippen MR) is 115 cm³/mol. The Morgan fingerprint density at radius 2 is 1.47 bits per heavy atom. The molecule has 2 aliphatic rings. The Hall–Kier alpha value is -2.50. The van der Waals surface area contributed by atoms with Gasteiger partial charge in [-0.15, -0.1) is 0 Å². The fraction of sp³-hybridized carbons (Fsp3) is 0.500. The molecule has 0 radical (unpaired) electrons. The topological polar surface area (TPSA) is 35.5 Å². The van der Waals surface area contributed by atoms with E-state index in [0.29, 0.717) is 42.6 Å². The zero-order chi connectivity index (χ0) is 22.7. The van der Waals surface area contributed by atoms with Gasteiger partial charge < -0.3 is 9.47 Å². The standard InChI is InChI=1S/C26H29F3O3/c1-31-19-11-12-20(22(27)15-19)17-7-9-18(10-8-17)26(30)32-23-14-13-21(24(28)25(23)29)16-5-3-2-4-6-16/h11-18H,2-10H2,1H3. The average molecular weight is 447 g/mol. The summed E-state index contributed by atoms with van der Waals surface area (Å²) in [6.07, 6.45) is 7.15. The smallest absolute Gasteiger partial charge is 0.314 e. The third kappa shape index (κ3) is 4.79. The normalized spacial score (nSPS) is 21.9. The number of hydrogen-bond acceptors (Lipinski definition) is 3. The fourth-order valence-electron chi connectivity index (χ4n) is 5.15. The highest BCUT2D eigenvalue weighted by Gasteiger charge is 2.31. The molecular formula is C26H29F3O3. The van der Waals surface area contributed by atoms with Crippen LogP contribution in [0.3, 0.4) is 0 Å². The van der Waals surface area contributed by atoms with Gasteiger partial charge in [0.1, 0.15) is 11.6 Å². The molecule has 172 valence electrons. The monoisotopic (exact) mass is 446 g/mol. The lowest BCUT2D eigenvalue weighted by atomic mass is 9.78. The van der Waals surface area contributed by atoms with Crippen LogP contribution in [0.25, 0.3) is 0 Å². The van der Waals surface area contributed by atoms with Crippen molar-refractivity contribution >= 4 is 5.97 Å². The summed E-state index contributed by atoms with van der Waals surface area (Å²) in [4.78, 5) is 12.6. The van der Waals surface area contributed by atoms with Crippen LogP contribution in [-0.2, 0) is 4.79 Å². The summed E-state index contributed by atoms with van der Waals surface area (Å²) in [6.45, 7) is 0. The van der Waals surface area contributed by atoms with Gasteiger partial charge in [0.15, 0.2) is 11.6 Å². The maximum atomic E-state index is 14.7. The first kappa shape index (κ1) is 22.7. The summed E-state index contributed by atoms with van der Waals surface area (Å²) in [5.74, 6) is -3.12. The molecule has 3 nitrogen and oxygen atoms in total. The number of hydrogen-bond donors (Lipinski definition) is 0. The zero-order valence-corrected chi connectivity index (χ0v) is 18.3. The minimum atomic E-state index is -1.09. The molecule has 2 fully saturated rings. The number of ether oxygens (including phenoxy) is 2. The van der Waals surface area contributed by atoms with Gasteiger partial charge in [0.25, 0.3) is 0 Å². The van der Waals surface area contributed by atoms with Crippen molar-refractivity contribution in [2.75, 3.05) is 7.11 Å². The number of benzene rings is 2. The first-order valence-corrected chi connectivity index (χ1v) is 11.5. The molecule has 0 unspecified atom stereocenters. The van der Waals surface area contributed by atoms with Crippen LogP contribution in [0, 0.1) is 23.4 Å². The molecule has 2 aliphatic carbocycles. The molecule has 0 heterocycles. The molecule has 0 spiro atoms. The highest BCUT2D eigenvalue weighted by molar-refractivity contribution is 5.75. The Morgan fingerprint density at radius 3 is 2.12 bits per heavy atom. The van der Waals surface area contributed by atoms with Gasteiger partial charge in [-0.25, -0.2) is 8.78 Å². The van der Waals surface area contributed by atoms with E-state index in [1.165, 1.54) is 19.2 Å². The van der Waals surface area contributed by atoms with Gasteiger partial charge in [-0.2, -0.15) is 4.39 Å². The molecular weight excluding hydrogens is 417 g/mol. The van der Waals surface area contributed by atoms with Gasteiger partial charge in [-0.1, -0.05) is 31.4 Å². The van der Waals surface area contributed by atoms with Gasteiger partial charge in [0.2, 0.25) is 5.82 Å². The van der Waals surface area contributed by atoms with Crippen molar-refractivity contribution in [1.82, 2.24) is 0 Å². The van der Waals surface area contributed by atoms with Crippen LogP contribution < -0.4 is 9.47 Å². The van der Waals surface area contributed by atoms with E-state index in [1.54, 1.807) is 18.2 Å². The Bertz CT molecular complexity index is 961. The Morgan fingerprint density at radius 1 is 0.812 bits per heavy atom. The van der Waals surface area contributed by atoms with Gasteiger partial charge >= 0.3 is 5.97 Å². The average Bonchev–Trinajstić information content (AvgIpc) is 2.82. The van der Waals surface area contributed by atoms with Crippen molar-refractivity contribution in [3.05, 3.63) is 58.9 Å². The van der Waals surface area contributed by atoms with E-state index in [9.17, 15) is 18.0 Å². The van der Waals surface area contributed by atoms with E-state index in [-0.39, 0.29) is 23.4 Å². The van der Waals surface area contributed by atoms with Gasteiger partial charge in [-0.05, 0) is 73.6 Å². The Balaban J connectivity index is 1.37. The first-order chi connectivity index (χ1) is 15.5. The molecule has 4 rings (SSSR count). The number of methoxy groups -OCH3 is 1. The van der Waals surface area contributed by atoms with Crippen LogP contribution in [0.2, 0.25) is 0 Å². The molecule has 0 N–H and O–H groups in total. The van der Waals surface area contributed by atoms with E-state index >= 15 is 0 Å². The summed E-state index contributed by atoms with van der Waals surface area (Å²) < 4.78 is 54.0. The van der Waals surface area contributed by atoms with Crippen molar-refractivity contribution in [1.29, 1.82) is 0 Å². The number of halogens is 3. The quantitative estimate of drug-likeness (QED) is 0.365. The highest BCUT2D eigenvalue weighted by atomic mass is 19.2. The number of carbonyl (C=O) groups is 1. The van der Waals surface area contributed by atoms with Crippen LogP contribution in [0.5, 0.6) is 11.5 Å². The van der Waals surface area contributed by atoms with Gasteiger partial charge in [-0.3, -0.25) is 4.79 Å². The number of esters is 1. The van der Waals surface area contributed by atoms with Crippen LogP contribution in [0.4, 0.5) is 13.2 Å². The van der Waals surface area contributed by atoms with Crippen molar-refractivity contribution in [3.8, 4) is 11.5 Å². The van der Waals surface area contributed by atoms with Crippen LogP contribution in [0.1, 0.15) is 80.8 Å². The van der Waals surface area contributed by atoms with Crippen molar-refractivity contribution < 1.29 is 27.4 Å². The molecule has 2 saturated carbocycles. The summed E-state index contributed by atoms with van der Waals surface area (Å²) in [6, 6.07) is 7.75. The molecule has 0 atom stereocenters. The van der Waals surface area contributed by atoms with E-state index < -0.39 is 23.5 Å². The molecule has 2 aromatic carbocycles. The van der Waals surface area contributed by atoms with E-state index in [2.05, 4.69) is 0 Å². The molecule has 0 amide bonds. The molecule has 0 aromatic heterocycles. The van der Waals surface area contributed by atoms with Crippen LogP contribution in [0.15, 0.2) is 30.3 Å². The lowest BCUT2D eigenvalue weighted by molar-refractivity contribution is -0.140. The van der Waals surface area contributed by atoms with E-state index in [1.807, 2.05) is 0 Å². The second-order valence-electron chi connectivity index (χ2n) is 8.97. The Labute approximate surface area is 186 Å². The van der Waals surface area contributed by atoms with Gasteiger partial charge in [0.05, 0.1) is 13.0 Å². The molecule has 2 aromatic rings. The fourth-order valence-corrected chi connectivity index (χ4v) is 5.15. The summed E-state index contributed by atoms with van der Waals surface area (Å²) in [7, 11) is 1.49. The van der Waals surface area contributed by atoms with E-state index in [4.69, 9.17) is 9.47 Å². The SMILES string of the molecule is COc1ccc(C2CCC(C(=O)Oc3ccc(C4CCCCC4)c(F)c3F)CC2)c(F)c1. The van der Waals surface area contributed by atoms with Crippen molar-refractivity contribution in [3.63, 3.8) is 0 Å². The third-order valence-corrected chi connectivity index (χ3v) is 7.04. The van der Waals surface area contributed by atoms with E-state index in [0.717, 1.165) is 32.1 Å². The zero-order valence-electron chi connectivity index (χ0n) is 18.3. The first-order valence-electron chi connectivity index (χ1n) is 11.5. The minimum Gasteiger partial charge on any atom is -0.497 e. The maximum absolute atomic E-state index is 14.7. The summed E-state index contributed by atoms with van der Waals surface area (Å²) in [5.41, 5.74) is 0.994. The Kier molecular flexibility index (Phi) is 7.07. The largest absolute Gasteiger partial charge is 0.497 e. The van der Waals surface area contributed by atoms with Crippen molar-refractivity contribution in [2.24, 2.45) is 5.92 Å². The maximum Gasteiger partial charge on any atom is 0.314 e. The lowest BCUT2D eigenvalue weighted by Gasteiger charge is -2.28. The van der Waals surface area contributed by atoms with Crippen LogP contribution in [-0.4, -0.2) is 13.1 Å². The summed E-state index contributed by atoms with van der Waals surface area (Å²) in [5, 5.41) is 0. The minimum absolute atomic E-state index is 0.00825. The number of rotatable bonds is 5. The molecule has 0 aliphatic heterocycles. The number of carbonyl (C=O) groups excluding carboxylic acids is 1. The highest BCUT2D eigenvalue weighted by Crippen LogP contribution is 2.39. The second-order valence-corrected chi connectivity index (χ2v) is 8.97. The predicted octanol–water partition coefficient (Wildman–Crippen LogP) is 7.04. The summed E-state index contributed by atoms with van der Waals surface area (Å²) >= 11 is 0. The van der Waals surface area contributed by atoms with Gasteiger partial charge in [0, 0.05) is 6.07 Å². The lowest BCUT2D eigenvalue weighted by Crippen LogP contribution is -2.26. The molecule has 0 saturated heterocycles. The molecule has 32 heavy (non-hydrogen) atoms. The van der Waals surface area contributed by atoms with Crippen LogP contribution >= 0.6 is 0 Å². The molecule has 0 bridgehead atoms. The molecule has 6 heteroatoms. The van der Waals surface area contributed by atoms with Crippen molar-refractivity contribution in [2.45, 2.75) is 69.6 Å². The third-order valence-electron chi connectivity index (χ3n) is 7.04.